The van der Waals surface area contributed by atoms with Crippen LogP contribution in [0.5, 0.6) is 0 Å². The van der Waals surface area contributed by atoms with Crippen LogP contribution in [0.1, 0.15) is 39.0 Å². The van der Waals surface area contributed by atoms with Crippen molar-refractivity contribution in [2.45, 2.75) is 51.1 Å². The van der Waals surface area contributed by atoms with E-state index in [9.17, 15) is 4.79 Å². The number of hydrogen-bond donors (Lipinski definition) is 1. The number of likely N-dealkylation sites (tertiary alicyclic amines) is 1. The molecule has 3 nitrogen and oxygen atoms in total. The molecule has 2 atom stereocenters. The minimum atomic E-state index is 0.236. The quantitative estimate of drug-likeness (QED) is 0.718. The fraction of sp³-hybridized carbons (Fsp3) is 0.909. The molecule has 0 bridgehead atoms. The molecule has 1 unspecified atom stereocenters. The molecule has 2 fully saturated rings. The first kappa shape index (κ1) is 9.97. The topological polar surface area (TPSA) is 32.3 Å². The van der Waals surface area contributed by atoms with Crippen LogP contribution in [0.3, 0.4) is 0 Å². The van der Waals surface area contributed by atoms with Crippen LogP contribution in [0.25, 0.3) is 0 Å². The largest absolute Gasteiger partial charge is 0.352 e. The first-order valence-electron chi connectivity index (χ1n) is 5.79. The van der Waals surface area contributed by atoms with Gasteiger partial charge in [0.25, 0.3) is 0 Å². The Kier molecular flexibility index (Phi) is 3.06. The van der Waals surface area contributed by atoms with Crippen molar-refractivity contribution >= 4 is 5.91 Å². The van der Waals surface area contributed by atoms with Gasteiger partial charge in [0.2, 0.25) is 5.91 Å². The second-order valence-corrected chi connectivity index (χ2v) is 4.64. The lowest BCUT2D eigenvalue weighted by molar-refractivity contribution is -0.119. The molecule has 0 aliphatic carbocycles. The Morgan fingerprint density at radius 3 is 2.93 bits per heavy atom. The third-order valence-corrected chi connectivity index (χ3v) is 3.48. The van der Waals surface area contributed by atoms with E-state index in [-0.39, 0.29) is 5.91 Å². The van der Waals surface area contributed by atoms with Crippen LogP contribution in [-0.2, 0) is 4.79 Å². The molecule has 14 heavy (non-hydrogen) atoms. The monoisotopic (exact) mass is 196 g/mol. The fourth-order valence-corrected chi connectivity index (χ4v) is 2.53. The Morgan fingerprint density at radius 1 is 1.43 bits per heavy atom. The van der Waals surface area contributed by atoms with E-state index >= 15 is 0 Å². The highest BCUT2D eigenvalue weighted by Crippen LogP contribution is 2.18. The van der Waals surface area contributed by atoms with Gasteiger partial charge in [-0.15, -0.1) is 0 Å². The van der Waals surface area contributed by atoms with Crippen LogP contribution >= 0.6 is 0 Å². The van der Waals surface area contributed by atoms with Gasteiger partial charge in [0.1, 0.15) is 0 Å². The highest BCUT2D eigenvalue weighted by molar-refractivity contribution is 5.78. The van der Waals surface area contributed by atoms with Crippen LogP contribution in [0.4, 0.5) is 0 Å². The summed E-state index contributed by atoms with van der Waals surface area (Å²) in [5.41, 5.74) is 0. The van der Waals surface area contributed by atoms with E-state index in [4.69, 9.17) is 0 Å². The summed E-state index contributed by atoms with van der Waals surface area (Å²) in [6.45, 7) is 4.58. The first-order chi connectivity index (χ1) is 6.75. The molecule has 0 aromatic carbocycles. The van der Waals surface area contributed by atoms with Crippen molar-refractivity contribution in [1.82, 2.24) is 10.2 Å². The summed E-state index contributed by atoms with van der Waals surface area (Å²) in [7, 11) is 0. The SMILES string of the molecule is CC1CCCCN1C[C@@H]1CCC(=O)N1. The summed E-state index contributed by atoms with van der Waals surface area (Å²) >= 11 is 0. The van der Waals surface area contributed by atoms with Crippen molar-refractivity contribution in [1.29, 1.82) is 0 Å². The Labute approximate surface area is 85.8 Å². The van der Waals surface area contributed by atoms with E-state index < -0.39 is 0 Å². The van der Waals surface area contributed by atoms with Crippen LogP contribution in [0.15, 0.2) is 0 Å². The molecular formula is C11H20N2O. The number of piperidine rings is 1. The molecule has 2 heterocycles. The van der Waals surface area contributed by atoms with Gasteiger partial charge >= 0.3 is 0 Å². The van der Waals surface area contributed by atoms with Gasteiger partial charge < -0.3 is 5.32 Å². The zero-order valence-corrected chi connectivity index (χ0v) is 8.96. The molecule has 80 valence electrons. The van der Waals surface area contributed by atoms with E-state index in [2.05, 4.69) is 17.1 Å². The van der Waals surface area contributed by atoms with Crippen LogP contribution < -0.4 is 5.32 Å². The maximum Gasteiger partial charge on any atom is 0.220 e. The van der Waals surface area contributed by atoms with E-state index in [0.29, 0.717) is 12.1 Å². The van der Waals surface area contributed by atoms with Gasteiger partial charge in [-0.25, -0.2) is 0 Å². The van der Waals surface area contributed by atoms with Gasteiger partial charge in [-0.2, -0.15) is 0 Å². The predicted molar refractivity (Wildman–Crippen MR) is 56.1 cm³/mol. The summed E-state index contributed by atoms with van der Waals surface area (Å²) in [6.07, 6.45) is 5.77. The van der Waals surface area contributed by atoms with Crippen LogP contribution in [0.2, 0.25) is 0 Å². The van der Waals surface area contributed by atoms with Gasteiger partial charge in [0, 0.05) is 25.0 Å². The van der Waals surface area contributed by atoms with Crippen molar-refractivity contribution in [3.8, 4) is 0 Å². The molecular weight excluding hydrogens is 176 g/mol. The number of carbonyl (C=O) groups excluding carboxylic acids is 1. The van der Waals surface area contributed by atoms with E-state index in [1.54, 1.807) is 0 Å². The van der Waals surface area contributed by atoms with Crippen molar-refractivity contribution < 1.29 is 4.79 Å². The maximum absolute atomic E-state index is 11.0. The molecule has 1 amide bonds. The molecule has 0 radical (unpaired) electrons. The highest BCUT2D eigenvalue weighted by atomic mass is 16.1. The lowest BCUT2D eigenvalue weighted by Crippen LogP contribution is -2.45. The van der Waals surface area contributed by atoms with E-state index in [1.807, 2.05) is 0 Å². The van der Waals surface area contributed by atoms with Crippen molar-refractivity contribution in [2.75, 3.05) is 13.1 Å². The van der Waals surface area contributed by atoms with E-state index in [0.717, 1.165) is 19.4 Å². The normalized spacial score (nSPS) is 34.5. The summed E-state index contributed by atoms with van der Waals surface area (Å²) < 4.78 is 0. The number of nitrogens with one attached hydrogen (secondary N) is 1. The molecule has 2 aliphatic heterocycles. The molecule has 1 N–H and O–H groups in total. The molecule has 0 spiro atoms. The Hall–Kier alpha value is -0.570. The predicted octanol–water partition coefficient (Wildman–Crippen LogP) is 1.14. The van der Waals surface area contributed by atoms with Crippen molar-refractivity contribution in [3.05, 3.63) is 0 Å². The second-order valence-electron chi connectivity index (χ2n) is 4.64. The number of amides is 1. The molecule has 0 aromatic heterocycles. The van der Waals surface area contributed by atoms with Gasteiger partial charge in [-0.1, -0.05) is 6.42 Å². The summed E-state index contributed by atoms with van der Waals surface area (Å²) in [5.74, 6) is 0.236. The number of rotatable bonds is 2. The summed E-state index contributed by atoms with van der Waals surface area (Å²) in [4.78, 5) is 13.6. The second kappa shape index (κ2) is 4.30. The zero-order valence-electron chi connectivity index (χ0n) is 8.96. The molecule has 0 aromatic rings. The van der Waals surface area contributed by atoms with E-state index in [1.165, 1.54) is 25.8 Å². The van der Waals surface area contributed by atoms with Gasteiger partial charge in [-0.3, -0.25) is 9.69 Å². The zero-order chi connectivity index (χ0) is 9.97. The van der Waals surface area contributed by atoms with Gasteiger partial charge in [-0.05, 0) is 32.7 Å². The average Bonchev–Trinajstić information content (AvgIpc) is 2.56. The Balaban J connectivity index is 1.81. The maximum atomic E-state index is 11.0. The van der Waals surface area contributed by atoms with Crippen molar-refractivity contribution in [2.24, 2.45) is 0 Å². The minimum absolute atomic E-state index is 0.236. The lowest BCUT2D eigenvalue weighted by Gasteiger charge is -2.34. The molecule has 0 saturated carbocycles. The van der Waals surface area contributed by atoms with Crippen LogP contribution in [0, 0.1) is 0 Å². The Morgan fingerprint density at radius 2 is 2.29 bits per heavy atom. The van der Waals surface area contributed by atoms with Crippen molar-refractivity contribution in [3.63, 3.8) is 0 Å². The molecule has 2 aliphatic rings. The van der Waals surface area contributed by atoms with Gasteiger partial charge in [0.05, 0.1) is 0 Å². The number of hydrogen-bond acceptors (Lipinski definition) is 2. The smallest absolute Gasteiger partial charge is 0.220 e. The highest BCUT2D eigenvalue weighted by Gasteiger charge is 2.26. The Bertz CT molecular complexity index is 217. The minimum Gasteiger partial charge on any atom is -0.352 e. The fourth-order valence-electron chi connectivity index (χ4n) is 2.53. The van der Waals surface area contributed by atoms with Gasteiger partial charge in [0.15, 0.2) is 0 Å². The molecule has 3 heteroatoms. The average molecular weight is 196 g/mol. The van der Waals surface area contributed by atoms with Crippen LogP contribution in [-0.4, -0.2) is 36.0 Å². The standard InChI is InChI=1S/C11H20N2O/c1-9-4-2-3-7-13(9)8-10-5-6-11(14)12-10/h9-10H,2-8H2,1H3,(H,12,14)/t9?,10-/m0/s1. The molecule has 2 rings (SSSR count). The number of nitrogens with zero attached hydrogens (tertiary/aromatic N) is 1. The number of carbonyl (C=O) groups is 1. The lowest BCUT2D eigenvalue weighted by atomic mass is 10.0. The molecule has 2 saturated heterocycles. The summed E-state index contributed by atoms with van der Waals surface area (Å²) in [5, 5.41) is 3.04. The summed E-state index contributed by atoms with van der Waals surface area (Å²) in [6, 6.07) is 1.13. The third kappa shape index (κ3) is 2.27. The third-order valence-electron chi connectivity index (χ3n) is 3.48. The first-order valence-corrected chi connectivity index (χ1v) is 5.79.